The molecule has 4 aromatic rings. The Morgan fingerprint density at radius 1 is 0.943 bits per heavy atom. The van der Waals surface area contributed by atoms with Crippen molar-refractivity contribution in [3.8, 4) is 22.9 Å². The molecule has 0 bridgehead atoms. The Labute approximate surface area is 332 Å². The predicted octanol–water partition coefficient (Wildman–Crippen LogP) is 3.99. The zero-order chi connectivity index (χ0) is 36.9. The largest absolute Gasteiger partial charge is 1.00 e. The molecule has 0 atom stereocenters. The van der Waals surface area contributed by atoms with E-state index in [1.54, 1.807) is 13.0 Å². The van der Waals surface area contributed by atoms with Gasteiger partial charge in [0.25, 0.3) is 5.82 Å². The number of amides is 1. The van der Waals surface area contributed by atoms with E-state index in [-0.39, 0.29) is 41.4 Å². The number of rotatable bonds is 11. The summed E-state index contributed by atoms with van der Waals surface area (Å²) in [5.74, 6) is 2.63. The van der Waals surface area contributed by atoms with E-state index in [4.69, 9.17) is 42.1 Å². The number of aromatic nitrogens is 2. The monoisotopic (exact) mass is 828 g/mol. The second kappa shape index (κ2) is 18.1. The highest BCUT2D eigenvalue weighted by Gasteiger charge is 2.39. The molecule has 1 amide bonds. The molecule has 1 aromatic heterocycles. The number of esters is 1. The number of imidazole rings is 1. The fourth-order valence-corrected chi connectivity index (χ4v) is 7.33. The molecule has 2 aliphatic heterocycles. The van der Waals surface area contributed by atoms with Gasteiger partial charge in [-0.2, -0.15) is 0 Å². The van der Waals surface area contributed by atoms with Gasteiger partial charge in [0.05, 0.1) is 29.7 Å². The van der Waals surface area contributed by atoms with Crippen molar-refractivity contribution in [3.05, 3.63) is 93.1 Å². The molecule has 2 aliphatic rings. The third kappa shape index (κ3) is 9.56. The average molecular weight is 831 g/mol. The van der Waals surface area contributed by atoms with Crippen LogP contribution in [0.5, 0.6) is 11.5 Å². The molecular formula is C40H47BrCl2N4O6. The number of anilines is 1. The van der Waals surface area contributed by atoms with Crippen LogP contribution in [0.15, 0.2) is 60.7 Å². The zero-order valence-electron chi connectivity index (χ0n) is 30.9. The summed E-state index contributed by atoms with van der Waals surface area (Å²) in [6, 6.07) is 19.4. The maximum Gasteiger partial charge on any atom is 0.313 e. The Morgan fingerprint density at radius 2 is 1.60 bits per heavy atom. The first-order valence-corrected chi connectivity index (χ1v) is 18.6. The molecule has 2 saturated heterocycles. The Morgan fingerprint density at radius 3 is 2.21 bits per heavy atom. The van der Waals surface area contributed by atoms with Gasteiger partial charge < -0.3 is 45.7 Å². The molecule has 0 unspecified atom stereocenters. The molecule has 0 spiro atoms. The van der Waals surface area contributed by atoms with Gasteiger partial charge in [-0.3, -0.25) is 9.59 Å². The SMILES string of the molecule is CC(=O)N1CCN(c2c(COc3ccccc3)[n+](Cc3cc(C)c(OC(=O)C(C)C)c(C)c3)c(-c3ccc(Cl)cc3Cl)n2CC2OCCCO2)CC1.[Br-]. The number of benzene rings is 3. The van der Waals surface area contributed by atoms with Crippen LogP contribution in [0.1, 0.15) is 49.6 Å². The molecule has 284 valence electrons. The molecule has 13 heteroatoms. The molecule has 0 N–H and O–H groups in total. The summed E-state index contributed by atoms with van der Waals surface area (Å²) in [6.07, 6.45) is 0.342. The number of hydrogen-bond acceptors (Lipinski definition) is 7. The number of hydrogen-bond donors (Lipinski definition) is 0. The van der Waals surface area contributed by atoms with Gasteiger partial charge in [-0.05, 0) is 79.4 Å². The van der Waals surface area contributed by atoms with Crippen LogP contribution in [0.3, 0.4) is 0 Å². The number of carbonyl (C=O) groups excluding carboxylic acids is 2. The van der Waals surface area contributed by atoms with Crippen molar-refractivity contribution in [2.75, 3.05) is 44.3 Å². The molecule has 6 rings (SSSR count). The minimum absolute atomic E-state index is 0. The molecule has 0 aliphatic carbocycles. The van der Waals surface area contributed by atoms with Crippen LogP contribution in [-0.4, -0.2) is 67.0 Å². The Balaban J connectivity index is 0.00000541. The van der Waals surface area contributed by atoms with Gasteiger partial charge >= 0.3 is 5.97 Å². The molecule has 3 aromatic carbocycles. The lowest BCUT2D eigenvalue weighted by molar-refractivity contribution is -0.685. The molecule has 3 heterocycles. The highest BCUT2D eigenvalue weighted by Crippen LogP contribution is 2.36. The van der Waals surface area contributed by atoms with Gasteiger partial charge in [-0.15, -0.1) is 0 Å². The molecule has 0 saturated carbocycles. The zero-order valence-corrected chi connectivity index (χ0v) is 34.0. The molecule has 0 radical (unpaired) electrons. The number of para-hydroxylation sites is 1. The molecular weight excluding hydrogens is 783 g/mol. The van der Waals surface area contributed by atoms with Gasteiger partial charge in [0.2, 0.25) is 17.4 Å². The number of piperazine rings is 1. The highest BCUT2D eigenvalue weighted by atomic mass is 79.9. The second-order valence-corrected chi connectivity index (χ2v) is 14.5. The summed E-state index contributed by atoms with van der Waals surface area (Å²) in [5.41, 5.74) is 4.44. The quantitative estimate of drug-likeness (QED) is 0.129. The number of ether oxygens (including phenoxy) is 4. The van der Waals surface area contributed by atoms with E-state index in [0.717, 1.165) is 51.8 Å². The highest BCUT2D eigenvalue weighted by molar-refractivity contribution is 6.36. The number of nitrogens with zero attached hydrogens (tertiary/aromatic N) is 4. The van der Waals surface area contributed by atoms with Gasteiger partial charge in [-0.25, -0.2) is 9.13 Å². The fourth-order valence-electron chi connectivity index (χ4n) is 6.84. The summed E-state index contributed by atoms with van der Waals surface area (Å²) in [4.78, 5) is 29.2. The third-order valence-electron chi connectivity index (χ3n) is 9.43. The Hall–Kier alpha value is -3.61. The van der Waals surface area contributed by atoms with E-state index in [1.165, 1.54) is 0 Å². The van der Waals surface area contributed by atoms with Crippen LogP contribution < -0.4 is 35.9 Å². The molecule has 53 heavy (non-hydrogen) atoms. The van der Waals surface area contributed by atoms with Crippen LogP contribution >= 0.6 is 23.2 Å². The van der Waals surface area contributed by atoms with Crippen molar-refractivity contribution in [3.63, 3.8) is 0 Å². The smallest absolute Gasteiger partial charge is 0.313 e. The summed E-state index contributed by atoms with van der Waals surface area (Å²) in [6.45, 7) is 13.9. The van der Waals surface area contributed by atoms with E-state index >= 15 is 0 Å². The van der Waals surface area contributed by atoms with Crippen molar-refractivity contribution in [1.29, 1.82) is 0 Å². The van der Waals surface area contributed by atoms with Crippen LogP contribution in [0.2, 0.25) is 10.0 Å². The lowest BCUT2D eigenvalue weighted by Crippen LogP contribution is -3.00. The van der Waals surface area contributed by atoms with E-state index in [1.807, 2.05) is 75.1 Å². The maximum atomic E-state index is 12.6. The topological polar surface area (TPSA) is 86.4 Å². The maximum absolute atomic E-state index is 12.6. The number of halogens is 3. The standard InChI is InChI=1S/C40H47Cl2N4O6.BrH/c1-26(2)40(48)52-37-27(3)20-30(21-28(37)4)23-45-35(25-51-32-10-7-6-8-11-32)39(44-16-14-43(15-17-44)29(5)47)46(24-36-49-18-9-19-50-36)38(45)33-13-12-31(41)22-34(33)42;/h6-8,10-13,20-22,26,36H,9,14-19,23-25H2,1-5H3;1H/q+1;/p-1. The van der Waals surface area contributed by atoms with Gasteiger partial charge in [0.1, 0.15) is 24.6 Å². The van der Waals surface area contributed by atoms with Crippen LogP contribution in [-0.2, 0) is 38.8 Å². The molecule has 10 nitrogen and oxygen atoms in total. The van der Waals surface area contributed by atoms with Gasteiger partial charge in [0, 0.05) is 38.1 Å². The van der Waals surface area contributed by atoms with Crippen LogP contribution in [0.25, 0.3) is 11.4 Å². The summed E-state index contributed by atoms with van der Waals surface area (Å²) < 4.78 is 29.2. The van der Waals surface area contributed by atoms with E-state index in [9.17, 15) is 9.59 Å². The first-order chi connectivity index (χ1) is 25.0. The van der Waals surface area contributed by atoms with Crippen molar-refractivity contribution >= 4 is 40.9 Å². The minimum Gasteiger partial charge on any atom is -1.00 e. The molecule has 2 fully saturated rings. The Kier molecular flexibility index (Phi) is 13.9. The Bertz CT molecular complexity index is 1880. The van der Waals surface area contributed by atoms with E-state index in [0.29, 0.717) is 68.3 Å². The predicted molar refractivity (Wildman–Crippen MR) is 201 cm³/mol. The van der Waals surface area contributed by atoms with E-state index in [2.05, 4.69) is 26.2 Å². The van der Waals surface area contributed by atoms with E-state index < -0.39 is 6.29 Å². The number of aryl methyl sites for hydroxylation is 2. The fraction of sp³-hybridized carbons (Fsp3) is 0.425. The van der Waals surface area contributed by atoms with Crippen LogP contribution in [0, 0.1) is 19.8 Å². The normalized spacial score (nSPS) is 15.0. The number of carbonyl (C=O) groups is 2. The van der Waals surface area contributed by atoms with Crippen LogP contribution in [0.4, 0.5) is 5.82 Å². The summed E-state index contributed by atoms with van der Waals surface area (Å²) in [7, 11) is 0. The van der Waals surface area contributed by atoms with Gasteiger partial charge in [0.15, 0.2) is 12.9 Å². The lowest BCUT2D eigenvalue weighted by atomic mass is 10.0. The lowest BCUT2D eigenvalue weighted by Gasteiger charge is -2.34. The third-order valence-corrected chi connectivity index (χ3v) is 9.98. The van der Waals surface area contributed by atoms with Gasteiger partial charge in [-0.1, -0.05) is 55.2 Å². The first-order valence-electron chi connectivity index (χ1n) is 17.8. The second-order valence-electron chi connectivity index (χ2n) is 13.7. The summed E-state index contributed by atoms with van der Waals surface area (Å²) in [5, 5.41) is 1.03. The van der Waals surface area contributed by atoms with Crippen molar-refractivity contribution in [1.82, 2.24) is 9.47 Å². The van der Waals surface area contributed by atoms with Crippen molar-refractivity contribution < 1.29 is 50.1 Å². The minimum atomic E-state index is -0.487. The average Bonchev–Trinajstić information content (AvgIpc) is 3.41. The summed E-state index contributed by atoms with van der Waals surface area (Å²) >= 11 is 13.5. The van der Waals surface area contributed by atoms with Crippen molar-refractivity contribution in [2.24, 2.45) is 5.92 Å². The van der Waals surface area contributed by atoms with Crippen molar-refractivity contribution in [2.45, 2.75) is 67.0 Å². The first kappa shape index (κ1) is 40.6.